The van der Waals surface area contributed by atoms with Crippen LogP contribution in [0.5, 0.6) is 0 Å². The van der Waals surface area contributed by atoms with E-state index >= 15 is 0 Å². The van der Waals surface area contributed by atoms with E-state index in [4.69, 9.17) is 0 Å². The number of hydrogen-bond acceptors (Lipinski definition) is 4. The van der Waals surface area contributed by atoms with Gasteiger partial charge in [0, 0.05) is 13.1 Å². The highest BCUT2D eigenvalue weighted by Gasteiger charge is 2.35. The van der Waals surface area contributed by atoms with Crippen LogP contribution in [0.4, 0.5) is 0 Å². The zero-order valence-corrected chi connectivity index (χ0v) is 16.3. The summed E-state index contributed by atoms with van der Waals surface area (Å²) in [5.74, 6) is 0.633. The summed E-state index contributed by atoms with van der Waals surface area (Å²) in [5.41, 5.74) is 0. The molecule has 0 radical (unpaired) electrons. The molecule has 142 valence electrons. The zero-order chi connectivity index (χ0) is 16.7. The SMILES string of the molecule is CCCS(=O)(=O)N1CCCCC1C(=O)NCCC1CCCNC1.Cl. The maximum Gasteiger partial charge on any atom is 0.238 e. The van der Waals surface area contributed by atoms with Gasteiger partial charge in [0.15, 0.2) is 0 Å². The fourth-order valence-corrected chi connectivity index (χ4v) is 5.31. The highest BCUT2D eigenvalue weighted by atomic mass is 35.5. The topological polar surface area (TPSA) is 78.5 Å². The predicted molar refractivity (Wildman–Crippen MR) is 98.9 cm³/mol. The average Bonchev–Trinajstić information content (AvgIpc) is 2.56. The highest BCUT2D eigenvalue weighted by Crippen LogP contribution is 2.21. The Hall–Kier alpha value is -0.370. The van der Waals surface area contributed by atoms with Gasteiger partial charge in [0.1, 0.15) is 6.04 Å². The van der Waals surface area contributed by atoms with Gasteiger partial charge in [0.25, 0.3) is 0 Å². The van der Waals surface area contributed by atoms with Crippen molar-refractivity contribution < 1.29 is 13.2 Å². The maximum absolute atomic E-state index is 12.5. The normalized spacial score (nSPS) is 25.7. The summed E-state index contributed by atoms with van der Waals surface area (Å²) < 4.78 is 26.2. The Morgan fingerprint density at radius 3 is 2.71 bits per heavy atom. The Morgan fingerprint density at radius 1 is 1.25 bits per heavy atom. The summed E-state index contributed by atoms with van der Waals surface area (Å²) >= 11 is 0. The summed E-state index contributed by atoms with van der Waals surface area (Å²) in [6.45, 7) is 5.09. The molecule has 2 N–H and O–H groups in total. The summed E-state index contributed by atoms with van der Waals surface area (Å²) in [7, 11) is -3.31. The molecule has 0 bridgehead atoms. The van der Waals surface area contributed by atoms with Crippen molar-refractivity contribution in [2.75, 3.05) is 31.9 Å². The number of hydrogen-bond donors (Lipinski definition) is 2. The van der Waals surface area contributed by atoms with Gasteiger partial charge < -0.3 is 10.6 Å². The number of sulfonamides is 1. The van der Waals surface area contributed by atoms with E-state index in [0.717, 1.165) is 32.4 Å². The summed E-state index contributed by atoms with van der Waals surface area (Å²) in [6.07, 6.45) is 6.37. The third-order valence-corrected chi connectivity index (χ3v) is 6.90. The number of piperidine rings is 2. The first kappa shape index (κ1) is 21.7. The smallest absolute Gasteiger partial charge is 0.238 e. The molecule has 2 atom stereocenters. The molecule has 2 unspecified atom stereocenters. The van der Waals surface area contributed by atoms with Crippen LogP contribution in [0.2, 0.25) is 0 Å². The molecule has 2 aliphatic rings. The number of nitrogens with one attached hydrogen (secondary N) is 2. The number of halogens is 1. The first-order chi connectivity index (χ1) is 11.0. The molecule has 0 saturated carbocycles. The second-order valence-corrected chi connectivity index (χ2v) is 8.77. The molecule has 0 spiro atoms. The van der Waals surface area contributed by atoms with Crippen LogP contribution in [0.3, 0.4) is 0 Å². The lowest BCUT2D eigenvalue weighted by Gasteiger charge is -2.33. The van der Waals surface area contributed by atoms with Gasteiger partial charge in [-0.3, -0.25) is 4.79 Å². The Labute approximate surface area is 152 Å². The molecule has 8 heteroatoms. The van der Waals surface area contributed by atoms with Gasteiger partial charge in [-0.25, -0.2) is 8.42 Å². The van der Waals surface area contributed by atoms with Gasteiger partial charge in [-0.15, -0.1) is 12.4 Å². The van der Waals surface area contributed by atoms with Gasteiger partial charge in [-0.05, 0) is 57.5 Å². The van der Waals surface area contributed by atoms with E-state index < -0.39 is 16.1 Å². The Kier molecular flexibility index (Phi) is 9.56. The standard InChI is InChI=1S/C16H31N3O3S.ClH/c1-2-12-23(21,22)19-11-4-3-7-15(19)16(20)18-10-8-14-6-5-9-17-13-14;/h14-15,17H,2-13H2,1H3,(H,18,20);1H. The van der Waals surface area contributed by atoms with Crippen molar-refractivity contribution in [1.82, 2.24) is 14.9 Å². The molecule has 24 heavy (non-hydrogen) atoms. The summed E-state index contributed by atoms with van der Waals surface area (Å²) in [5, 5.41) is 6.35. The van der Waals surface area contributed by atoms with Crippen molar-refractivity contribution in [3.63, 3.8) is 0 Å². The third kappa shape index (κ3) is 6.17. The molecular weight excluding hydrogens is 350 g/mol. The first-order valence-corrected chi connectivity index (χ1v) is 10.6. The van der Waals surface area contributed by atoms with Gasteiger partial charge in [0.2, 0.25) is 15.9 Å². The fraction of sp³-hybridized carbons (Fsp3) is 0.938. The predicted octanol–water partition coefficient (Wildman–Crippen LogP) is 1.51. The molecule has 2 rings (SSSR count). The molecule has 6 nitrogen and oxygen atoms in total. The third-order valence-electron chi connectivity index (χ3n) is 4.83. The molecule has 0 aromatic carbocycles. The molecule has 2 saturated heterocycles. The lowest BCUT2D eigenvalue weighted by atomic mass is 9.96. The molecule has 2 fully saturated rings. The van der Waals surface area contributed by atoms with Crippen LogP contribution in [-0.2, 0) is 14.8 Å². The second-order valence-electron chi connectivity index (χ2n) is 6.73. The lowest BCUT2D eigenvalue weighted by molar-refractivity contribution is -0.125. The first-order valence-electron chi connectivity index (χ1n) is 9.02. The number of nitrogens with zero attached hydrogens (tertiary/aromatic N) is 1. The van der Waals surface area contributed by atoms with Gasteiger partial charge >= 0.3 is 0 Å². The van der Waals surface area contributed by atoms with Crippen molar-refractivity contribution in [2.45, 2.75) is 57.9 Å². The average molecular weight is 382 g/mol. The van der Waals surface area contributed by atoms with Crippen molar-refractivity contribution in [1.29, 1.82) is 0 Å². The minimum Gasteiger partial charge on any atom is -0.355 e. The number of carbonyl (C=O) groups is 1. The van der Waals surface area contributed by atoms with E-state index in [1.54, 1.807) is 0 Å². The lowest BCUT2D eigenvalue weighted by Crippen LogP contribution is -2.52. The van der Waals surface area contributed by atoms with Crippen LogP contribution >= 0.6 is 12.4 Å². The maximum atomic E-state index is 12.5. The van der Waals surface area contributed by atoms with Gasteiger partial charge in [0.05, 0.1) is 5.75 Å². The number of amides is 1. The quantitative estimate of drug-likeness (QED) is 0.700. The number of carbonyl (C=O) groups excluding carboxylic acids is 1. The Bertz CT molecular complexity index is 481. The fourth-order valence-electron chi connectivity index (χ4n) is 3.56. The van der Waals surface area contributed by atoms with Crippen molar-refractivity contribution in [2.24, 2.45) is 5.92 Å². The molecule has 2 heterocycles. The van der Waals surface area contributed by atoms with Crippen molar-refractivity contribution in [3.8, 4) is 0 Å². The molecule has 0 aliphatic carbocycles. The summed E-state index contributed by atoms with van der Waals surface area (Å²) in [4.78, 5) is 12.5. The molecule has 2 aliphatic heterocycles. The van der Waals surface area contributed by atoms with Crippen LogP contribution in [-0.4, -0.2) is 56.6 Å². The van der Waals surface area contributed by atoms with Crippen LogP contribution in [0.15, 0.2) is 0 Å². The van der Waals surface area contributed by atoms with E-state index in [2.05, 4.69) is 10.6 Å². The van der Waals surface area contributed by atoms with Crippen LogP contribution in [0, 0.1) is 5.92 Å². The largest absolute Gasteiger partial charge is 0.355 e. The van der Waals surface area contributed by atoms with E-state index in [1.165, 1.54) is 17.1 Å². The van der Waals surface area contributed by atoms with Crippen molar-refractivity contribution >= 4 is 28.3 Å². The zero-order valence-electron chi connectivity index (χ0n) is 14.6. The van der Waals surface area contributed by atoms with Crippen LogP contribution in [0.25, 0.3) is 0 Å². The van der Waals surface area contributed by atoms with E-state index in [0.29, 0.717) is 31.8 Å². The number of rotatable bonds is 7. The molecule has 0 aromatic rings. The van der Waals surface area contributed by atoms with Gasteiger partial charge in [-0.2, -0.15) is 4.31 Å². The van der Waals surface area contributed by atoms with E-state index in [-0.39, 0.29) is 24.1 Å². The summed E-state index contributed by atoms with van der Waals surface area (Å²) in [6, 6.07) is -0.509. The second kappa shape index (κ2) is 10.6. The van der Waals surface area contributed by atoms with E-state index in [1.807, 2.05) is 6.92 Å². The minimum atomic E-state index is -3.31. The molecule has 0 aromatic heterocycles. The highest BCUT2D eigenvalue weighted by molar-refractivity contribution is 7.89. The van der Waals surface area contributed by atoms with Crippen LogP contribution < -0.4 is 10.6 Å². The van der Waals surface area contributed by atoms with Gasteiger partial charge in [-0.1, -0.05) is 13.3 Å². The van der Waals surface area contributed by atoms with Crippen LogP contribution in [0.1, 0.15) is 51.9 Å². The Morgan fingerprint density at radius 2 is 2.04 bits per heavy atom. The Balaban J connectivity index is 0.00000288. The van der Waals surface area contributed by atoms with E-state index in [9.17, 15) is 13.2 Å². The minimum absolute atomic E-state index is 0. The monoisotopic (exact) mass is 381 g/mol. The van der Waals surface area contributed by atoms with Crippen molar-refractivity contribution in [3.05, 3.63) is 0 Å². The molecular formula is C16H32ClN3O3S. The molecule has 1 amide bonds.